The summed E-state index contributed by atoms with van der Waals surface area (Å²) in [4.78, 5) is 68.6. The van der Waals surface area contributed by atoms with Crippen molar-refractivity contribution in [1.82, 2.24) is 19.5 Å². The first-order valence-corrected chi connectivity index (χ1v) is 17.6. The van der Waals surface area contributed by atoms with Crippen LogP contribution in [0.25, 0.3) is 21.6 Å². The number of carbonyl (C=O) groups excluding carboxylic acids is 2. The lowest BCUT2D eigenvalue weighted by molar-refractivity contribution is -0.383. The maximum Gasteiger partial charge on any atom is 0.481 e. The fourth-order valence-corrected chi connectivity index (χ4v) is 6.75. The van der Waals surface area contributed by atoms with Crippen LogP contribution in [0.1, 0.15) is 12.6 Å². The van der Waals surface area contributed by atoms with Crippen LogP contribution in [0, 0.1) is 10.1 Å². The minimum absolute atomic E-state index is 0.0415. The van der Waals surface area contributed by atoms with Crippen LogP contribution in [0.5, 0.6) is 0 Å². The molecule has 1 saturated heterocycles. The Kier molecular flexibility index (Phi) is 13.5. The molecule has 1 aliphatic heterocycles. The number of aliphatic hydroxyl groups is 4. The van der Waals surface area contributed by atoms with Gasteiger partial charge in [-0.25, -0.2) is 24.1 Å². The molecular weight excluding hydrogens is 762 g/mol. The van der Waals surface area contributed by atoms with E-state index < -0.39 is 94.7 Å². The maximum absolute atomic E-state index is 12.9. The average Bonchev–Trinajstić information content (AvgIpc) is 3.66. The molecule has 53 heavy (non-hydrogen) atoms. The number of aliphatic hydroxyl groups excluding tert-OH is 4. The number of benzene rings is 1. The normalized spacial score (nSPS) is 22.5. The van der Waals surface area contributed by atoms with Gasteiger partial charge in [0.05, 0.1) is 30.9 Å². The molecule has 0 bridgehead atoms. The number of carbonyl (C=O) groups is 2. The molecule has 0 saturated carbocycles. The molecular formula is C24H30N10O17P2. The van der Waals surface area contributed by atoms with Crippen LogP contribution >= 0.6 is 15.6 Å². The Hall–Kier alpha value is -4.72. The summed E-state index contributed by atoms with van der Waals surface area (Å²) >= 11 is 0. The van der Waals surface area contributed by atoms with E-state index in [1.807, 2.05) is 0 Å². The van der Waals surface area contributed by atoms with E-state index in [1.54, 1.807) is 0 Å². The van der Waals surface area contributed by atoms with Crippen LogP contribution in [0.4, 0.5) is 22.9 Å². The maximum atomic E-state index is 12.9. The van der Waals surface area contributed by atoms with Gasteiger partial charge in [-0.2, -0.15) is 4.31 Å². The van der Waals surface area contributed by atoms with Gasteiger partial charge in [-0.15, -0.1) is 0 Å². The molecule has 9 N–H and O–H groups in total. The number of aromatic nitrogens is 4. The number of hydrogen-bond acceptors (Lipinski definition) is 21. The van der Waals surface area contributed by atoms with Gasteiger partial charge in [0, 0.05) is 23.2 Å². The van der Waals surface area contributed by atoms with Crippen molar-refractivity contribution in [3.8, 4) is 0 Å². The molecule has 27 nitrogen and oxygen atoms in total. The number of nitro groups is 1. The second-order valence-electron chi connectivity index (χ2n) is 10.7. The van der Waals surface area contributed by atoms with Gasteiger partial charge in [0.25, 0.3) is 5.69 Å². The van der Waals surface area contributed by atoms with Crippen LogP contribution in [0.15, 0.2) is 36.0 Å². The van der Waals surface area contributed by atoms with Crippen molar-refractivity contribution in [1.29, 1.82) is 0 Å². The molecule has 288 valence electrons. The van der Waals surface area contributed by atoms with E-state index >= 15 is 0 Å². The van der Waals surface area contributed by atoms with Crippen LogP contribution in [0.3, 0.4) is 0 Å². The molecule has 1 aromatic carbocycles. The zero-order chi connectivity index (χ0) is 39.1. The first-order chi connectivity index (χ1) is 25.0. The number of rotatable bonds is 19. The molecule has 0 aliphatic carbocycles. The highest BCUT2D eigenvalue weighted by Gasteiger charge is 2.49. The number of aldehydes is 1. The molecule has 9 atom stereocenters. The minimum Gasteiger partial charge on any atom is -0.456 e. The lowest BCUT2D eigenvalue weighted by Crippen LogP contribution is -2.40. The number of imidazole rings is 1. The minimum atomic E-state index is -5.59. The third-order valence-corrected chi connectivity index (χ3v) is 9.72. The van der Waals surface area contributed by atoms with Crippen LogP contribution in [-0.2, 0) is 41.6 Å². The van der Waals surface area contributed by atoms with E-state index in [1.165, 1.54) is 16.7 Å². The number of nitro benzene ring substituents is 1. The van der Waals surface area contributed by atoms with Crippen LogP contribution in [-0.4, -0.2) is 123 Å². The summed E-state index contributed by atoms with van der Waals surface area (Å²) in [5, 5.41) is 57.2. The van der Waals surface area contributed by atoms with Gasteiger partial charge in [0.1, 0.15) is 48.1 Å². The molecule has 29 heteroatoms. The van der Waals surface area contributed by atoms with Gasteiger partial charge in [-0.1, -0.05) is 11.2 Å². The molecule has 0 amide bonds. The monoisotopic (exact) mass is 792 g/mol. The molecule has 3 heterocycles. The Labute approximate surface area is 294 Å². The Morgan fingerprint density at radius 3 is 2.62 bits per heavy atom. The molecule has 2 unspecified atom stereocenters. The summed E-state index contributed by atoms with van der Waals surface area (Å²) in [6.07, 6.45) is -11.4. The van der Waals surface area contributed by atoms with Crippen molar-refractivity contribution < 1.29 is 76.7 Å². The van der Waals surface area contributed by atoms with E-state index in [2.05, 4.69) is 39.1 Å². The standard InChI is InChI=1S/C24H30N10O17P2/c25-22-18-23(29-9-28-22)33(10-30-18)24-20(40)21(50-17(38)3-4-27-12-2-1-11(31-32-26)5-13(12)34(41)42)16(49-24)8-48-53(45,46)51-52(43,44)47-7-15(37)19(39)14(36)6-35/h1-2,5-6,9-10,14-16,19-21,24,27,36-37,39-40H,3-4,7-8H2,(H,43,44)(H,45,46)(H2,25,28,29)/t14-,15+,16+,19-,20+,21+,24+/m0/s1. The average molecular weight is 793 g/mol. The van der Waals surface area contributed by atoms with Gasteiger partial charge in [0.15, 0.2) is 30.1 Å². The highest BCUT2D eigenvalue weighted by molar-refractivity contribution is 7.61. The van der Waals surface area contributed by atoms with Crippen molar-refractivity contribution in [3.63, 3.8) is 0 Å². The quantitative estimate of drug-likeness (QED) is 0.0110. The Balaban J connectivity index is 1.46. The number of esters is 1. The van der Waals surface area contributed by atoms with E-state index in [4.69, 9.17) is 25.3 Å². The zero-order valence-corrected chi connectivity index (χ0v) is 28.3. The highest BCUT2D eigenvalue weighted by Crippen LogP contribution is 2.60. The predicted molar refractivity (Wildman–Crippen MR) is 171 cm³/mol. The molecule has 0 spiro atoms. The summed E-state index contributed by atoms with van der Waals surface area (Å²) in [6.45, 7) is -2.60. The Morgan fingerprint density at radius 1 is 1.23 bits per heavy atom. The van der Waals surface area contributed by atoms with Gasteiger partial charge in [-0.05, 0) is 11.6 Å². The number of nitrogens with two attached hydrogens (primary N) is 1. The number of phosphoric acid groups is 2. The van der Waals surface area contributed by atoms with Crippen molar-refractivity contribution in [2.75, 3.05) is 30.8 Å². The molecule has 4 rings (SSSR count). The fourth-order valence-electron chi connectivity index (χ4n) is 4.65. The number of nitrogens with one attached hydrogen (secondary N) is 1. The summed E-state index contributed by atoms with van der Waals surface area (Å²) < 4.78 is 50.5. The van der Waals surface area contributed by atoms with Gasteiger partial charge in [-0.3, -0.25) is 28.5 Å². The summed E-state index contributed by atoms with van der Waals surface area (Å²) in [5.41, 5.74) is 14.0. The molecule has 2 aromatic heterocycles. The number of nitrogen functional groups attached to an aromatic ring is 1. The lowest BCUT2D eigenvalue weighted by Gasteiger charge is -2.23. The smallest absolute Gasteiger partial charge is 0.456 e. The predicted octanol–water partition coefficient (Wildman–Crippen LogP) is -0.537. The molecule has 1 aliphatic rings. The largest absolute Gasteiger partial charge is 0.481 e. The van der Waals surface area contributed by atoms with Gasteiger partial charge in [0.2, 0.25) is 0 Å². The first kappa shape index (κ1) is 41.0. The summed E-state index contributed by atoms with van der Waals surface area (Å²) in [6, 6.07) is 3.51. The Bertz CT molecular complexity index is 1960. The van der Waals surface area contributed by atoms with Crippen molar-refractivity contribution >= 4 is 61.9 Å². The second kappa shape index (κ2) is 17.4. The number of phosphoric ester groups is 2. The summed E-state index contributed by atoms with van der Waals surface area (Å²) in [5.74, 6) is -1.07. The van der Waals surface area contributed by atoms with Gasteiger partial charge < -0.3 is 55.5 Å². The Morgan fingerprint density at radius 2 is 1.94 bits per heavy atom. The number of fused-ring (bicyclic) bond motifs is 1. The molecule has 3 aromatic rings. The molecule has 1 fully saturated rings. The number of anilines is 2. The number of hydrogen-bond donors (Lipinski definition) is 8. The third-order valence-electron chi connectivity index (χ3n) is 7.12. The third kappa shape index (κ3) is 10.5. The second-order valence-corrected chi connectivity index (χ2v) is 13.8. The van der Waals surface area contributed by atoms with Crippen molar-refractivity contribution in [2.24, 2.45) is 5.11 Å². The van der Waals surface area contributed by atoms with Crippen molar-refractivity contribution in [2.45, 2.75) is 49.3 Å². The first-order valence-electron chi connectivity index (χ1n) is 14.7. The van der Waals surface area contributed by atoms with Gasteiger partial charge >= 0.3 is 21.6 Å². The summed E-state index contributed by atoms with van der Waals surface area (Å²) in [7, 11) is -11.2. The zero-order valence-electron chi connectivity index (χ0n) is 26.6. The van der Waals surface area contributed by atoms with E-state index in [-0.39, 0.29) is 41.2 Å². The topological polar surface area (TPSA) is 409 Å². The SMILES string of the molecule is [N-]=[N+]=Nc1ccc(NCCC(=O)O[C@H]2[C@@H](O)[C@H](n3cnc4c(N)ncnc43)O[C@@H]2COP(=O)(O)OP(=O)(O)OC[C@@H](O)[C@@H](O)[C@@H](O)C=O)c([N+](=O)[O-])c1. The van der Waals surface area contributed by atoms with E-state index in [9.17, 15) is 59.0 Å². The molecule has 0 radical (unpaired) electrons. The number of ether oxygens (including phenoxy) is 2. The number of azide groups is 1. The van der Waals surface area contributed by atoms with Crippen LogP contribution < -0.4 is 11.1 Å². The van der Waals surface area contributed by atoms with E-state index in [0.717, 1.165) is 18.7 Å². The van der Waals surface area contributed by atoms with Crippen molar-refractivity contribution in [3.05, 3.63) is 51.4 Å². The van der Waals surface area contributed by atoms with E-state index in [0.29, 0.717) is 0 Å². The highest BCUT2D eigenvalue weighted by atomic mass is 31.3. The lowest BCUT2D eigenvalue weighted by atomic mass is 10.1. The fraction of sp³-hybridized carbons (Fsp3) is 0.458. The van der Waals surface area contributed by atoms with Crippen LogP contribution in [0.2, 0.25) is 0 Å². The number of nitrogens with zero attached hydrogens (tertiary/aromatic N) is 8.